The third-order valence-electron chi connectivity index (χ3n) is 4.84. The zero-order chi connectivity index (χ0) is 23.8. The summed E-state index contributed by atoms with van der Waals surface area (Å²) in [6, 6.07) is 3.96. The summed E-state index contributed by atoms with van der Waals surface area (Å²) in [7, 11) is 0. The van der Waals surface area contributed by atoms with Crippen LogP contribution >= 0.6 is 0 Å². The lowest BCUT2D eigenvalue weighted by Crippen LogP contribution is -2.27. The van der Waals surface area contributed by atoms with Crippen molar-refractivity contribution in [1.29, 1.82) is 0 Å². The minimum absolute atomic E-state index is 0.115. The molecule has 0 bridgehead atoms. The number of carboxylic acids is 1. The molecule has 1 unspecified atom stereocenters. The summed E-state index contributed by atoms with van der Waals surface area (Å²) in [4.78, 5) is 19.4. The molecule has 0 saturated heterocycles. The van der Waals surface area contributed by atoms with Gasteiger partial charge in [-0.05, 0) is 30.0 Å². The molecule has 0 saturated carbocycles. The average molecular weight is 453 g/mol. The number of benzene rings is 1. The lowest BCUT2D eigenvalue weighted by Gasteiger charge is -2.33. The second-order valence-electron chi connectivity index (χ2n) is 8.60. The highest BCUT2D eigenvalue weighted by Crippen LogP contribution is 2.38. The molecule has 3 aromatic rings. The van der Waals surface area contributed by atoms with Crippen molar-refractivity contribution in [2.45, 2.75) is 52.8 Å². The van der Waals surface area contributed by atoms with E-state index >= 15 is 0 Å². The quantitative estimate of drug-likeness (QED) is 0.521. The zero-order valence-corrected chi connectivity index (χ0v) is 18.0. The maximum Gasteiger partial charge on any atom is 0.419 e. The predicted molar refractivity (Wildman–Crippen MR) is 109 cm³/mol. The summed E-state index contributed by atoms with van der Waals surface area (Å²) in [5, 5.41) is 16.4. The Bertz CT molecular complexity index is 1150. The number of carbonyl (C=O) groups is 1. The number of aromatic nitrogens is 4. The predicted octanol–water partition coefficient (Wildman–Crippen LogP) is 4.81. The van der Waals surface area contributed by atoms with Crippen LogP contribution in [0.3, 0.4) is 0 Å². The third-order valence-corrected chi connectivity index (χ3v) is 4.84. The van der Waals surface area contributed by atoms with Crippen molar-refractivity contribution in [3.05, 3.63) is 52.7 Å². The number of halogens is 4. The van der Waals surface area contributed by atoms with Crippen LogP contribution in [0.4, 0.5) is 23.4 Å². The molecule has 0 aliphatic rings. The van der Waals surface area contributed by atoms with Crippen LogP contribution in [-0.4, -0.2) is 30.7 Å². The summed E-state index contributed by atoms with van der Waals surface area (Å²) in [6.07, 6.45) is -4.81. The molecule has 0 aliphatic heterocycles. The molecule has 2 heterocycles. The summed E-state index contributed by atoms with van der Waals surface area (Å²) in [5.41, 5.74) is -0.918. The highest BCUT2D eigenvalue weighted by Gasteiger charge is 2.35. The van der Waals surface area contributed by atoms with Gasteiger partial charge in [-0.25, -0.2) is 9.37 Å². The summed E-state index contributed by atoms with van der Waals surface area (Å²) in [6.45, 7) is 7.34. The van der Waals surface area contributed by atoms with Crippen molar-refractivity contribution < 1.29 is 27.5 Å². The Morgan fingerprint density at radius 2 is 1.88 bits per heavy atom. The molecule has 0 spiro atoms. The number of aryl methyl sites for hydroxylation is 2. The number of hydrogen-bond acceptors (Lipinski definition) is 5. The number of anilines is 1. The van der Waals surface area contributed by atoms with Gasteiger partial charge in [-0.15, -0.1) is 5.10 Å². The van der Waals surface area contributed by atoms with E-state index in [9.17, 15) is 22.4 Å². The molecular weight excluding hydrogens is 430 g/mol. The van der Waals surface area contributed by atoms with E-state index in [1.165, 1.54) is 10.6 Å². The summed E-state index contributed by atoms with van der Waals surface area (Å²) < 4.78 is 54.6. The second kappa shape index (κ2) is 8.36. The number of alkyl halides is 3. The van der Waals surface area contributed by atoms with Crippen LogP contribution in [-0.2, 0) is 17.4 Å². The first kappa shape index (κ1) is 23.4. The first-order chi connectivity index (χ1) is 14.8. The van der Waals surface area contributed by atoms with Crippen LogP contribution in [0.5, 0.6) is 0 Å². The number of nitrogens with zero attached hydrogens (tertiary/aromatic N) is 4. The fourth-order valence-electron chi connectivity index (χ4n) is 3.34. The molecule has 0 fully saturated rings. The molecule has 0 amide bonds. The molecule has 1 aromatic carbocycles. The van der Waals surface area contributed by atoms with Crippen molar-refractivity contribution in [2.75, 3.05) is 5.32 Å². The number of rotatable bonds is 6. The minimum atomic E-state index is -4.78. The monoisotopic (exact) mass is 453 g/mol. The van der Waals surface area contributed by atoms with Gasteiger partial charge in [-0.1, -0.05) is 26.8 Å². The Hall–Kier alpha value is -3.24. The first-order valence-corrected chi connectivity index (χ1v) is 9.84. The number of carboxylic acid groups (broad SMARTS) is 1. The van der Waals surface area contributed by atoms with Crippen molar-refractivity contribution in [3.8, 4) is 0 Å². The molecule has 32 heavy (non-hydrogen) atoms. The fraction of sp³-hybridized carbons (Fsp3) is 0.429. The van der Waals surface area contributed by atoms with Gasteiger partial charge in [0.1, 0.15) is 11.6 Å². The summed E-state index contributed by atoms with van der Waals surface area (Å²) >= 11 is 0. The lowest BCUT2D eigenvalue weighted by atomic mass is 9.82. The molecule has 1 atom stereocenters. The Balaban J connectivity index is 2.03. The maximum absolute atomic E-state index is 14.3. The Kier molecular flexibility index (Phi) is 6.12. The van der Waals surface area contributed by atoms with E-state index in [-0.39, 0.29) is 18.6 Å². The van der Waals surface area contributed by atoms with Gasteiger partial charge in [-0.3, -0.25) is 4.79 Å². The van der Waals surface area contributed by atoms with Crippen LogP contribution in [0.15, 0.2) is 24.3 Å². The van der Waals surface area contributed by atoms with Crippen molar-refractivity contribution in [2.24, 2.45) is 5.41 Å². The number of hydrogen-bond donors (Lipinski definition) is 2. The molecule has 2 N–H and O–H groups in total. The van der Waals surface area contributed by atoms with Gasteiger partial charge in [0, 0.05) is 18.2 Å². The van der Waals surface area contributed by atoms with E-state index in [0.717, 1.165) is 12.1 Å². The standard InChI is InChI=1S/C21H23F4N5O2/c1-11-9-16(30-19(26-11)27-15(29-30)7-8-17(31)32)28-18(20(2,3)4)12-5-6-13(14(22)10-12)21(23,24)25/h5-6,9-10,18,28H,7-8H2,1-4H3,(H,31,32). The van der Waals surface area contributed by atoms with E-state index in [0.29, 0.717) is 22.9 Å². The highest BCUT2D eigenvalue weighted by molar-refractivity contribution is 5.66. The zero-order valence-electron chi connectivity index (χ0n) is 18.0. The van der Waals surface area contributed by atoms with Crippen LogP contribution in [0.2, 0.25) is 0 Å². The van der Waals surface area contributed by atoms with Crippen LogP contribution in [0.25, 0.3) is 5.78 Å². The number of nitrogens with one attached hydrogen (secondary N) is 1. The largest absolute Gasteiger partial charge is 0.481 e. The Morgan fingerprint density at radius 1 is 1.19 bits per heavy atom. The van der Waals surface area contributed by atoms with Gasteiger partial charge in [0.05, 0.1) is 18.0 Å². The Labute approximate surface area is 181 Å². The fourth-order valence-corrected chi connectivity index (χ4v) is 3.34. The van der Waals surface area contributed by atoms with Crippen molar-refractivity contribution in [3.63, 3.8) is 0 Å². The van der Waals surface area contributed by atoms with Crippen molar-refractivity contribution in [1.82, 2.24) is 19.6 Å². The molecule has 172 valence electrons. The van der Waals surface area contributed by atoms with E-state index in [1.807, 2.05) is 20.8 Å². The lowest BCUT2D eigenvalue weighted by molar-refractivity contribution is -0.140. The maximum atomic E-state index is 14.3. The first-order valence-electron chi connectivity index (χ1n) is 9.84. The van der Waals surface area contributed by atoms with Crippen LogP contribution in [0.1, 0.15) is 55.9 Å². The van der Waals surface area contributed by atoms with E-state index in [1.54, 1.807) is 13.0 Å². The number of aliphatic carboxylic acids is 1. The van der Waals surface area contributed by atoms with E-state index in [4.69, 9.17) is 5.11 Å². The molecule has 11 heteroatoms. The van der Waals surface area contributed by atoms with E-state index in [2.05, 4.69) is 20.4 Å². The molecule has 0 radical (unpaired) electrons. The molecule has 0 aliphatic carbocycles. The van der Waals surface area contributed by atoms with Gasteiger partial charge >= 0.3 is 12.1 Å². The van der Waals surface area contributed by atoms with Gasteiger partial charge in [-0.2, -0.15) is 22.7 Å². The SMILES string of the molecule is Cc1cc(NC(c2ccc(C(F)(F)F)c(F)c2)C(C)(C)C)n2nc(CCC(=O)O)nc2n1. The molecule has 7 nitrogen and oxygen atoms in total. The minimum Gasteiger partial charge on any atom is -0.481 e. The smallest absolute Gasteiger partial charge is 0.419 e. The molecule has 3 rings (SSSR count). The van der Waals surface area contributed by atoms with Gasteiger partial charge in [0.2, 0.25) is 0 Å². The van der Waals surface area contributed by atoms with Gasteiger partial charge < -0.3 is 10.4 Å². The van der Waals surface area contributed by atoms with Crippen LogP contribution in [0, 0.1) is 18.2 Å². The van der Waals surface area contributed by atoms with Crippen LogP contribution < -0.4 is 5.32 Å². The van der Waals surface area contributed by atoms with Gasteiger partial charge in [0.25, 0.3) is 5.78 Å². The van der Waals surface area contributed by atoms with Gasteiger partial charge in [0.15, 0.2) is 5.82 Å². The topological polar surface area (TPSA) is 92.4 Å². The Morgan fingerprint density at radius 3 is 2.44 bits per heavy atom. The molecule has 2 aromatic heterocycles. The summed E-state index contributed by atoms with van der Waals surface area (Å²) in [5.74, 6) is -1.34. The second-order valence-corrected chi connectivity index (χ2v) is 8.60. The molecular formula is C21H23F4N5O2. The van der Waals surface area contributed by atoms with Crippen molar-refractivity contribution >= 4 is 17.6 Å². The number of fused-ring (bicyclic) bond motifs is 1. The normalized spacial score (nSPS) is 13.4. The van der Waals surface area contributed by atoms with E-state index < -0.39 is 35.0 Å². The average Bonchev–Trinajstić information content (AvgIpc) is 3.05. The third kappa shape index (κ3) is 5.14. The highest BCUT2D eigenvalue weighted by atomic mass is 19.4.